The van der Waals surface area contributed by atoms with Gasteiger partial charge in [0.05, 0.1) is 17.0 Å². The van der Waals surface area contributed by atoms with Crippen LogP contribution >= 0.6 is 0 Å². The second kappa shape index (κ2) is 4.41. The maximum absolute atomic E-state index is 11.4. The van der Waals surface area contributed by atoms with E-state index in [2.05, 4.69) is 15.1 Å². The molecule has 0 saturated heterocycles. The van der Waals surface area contributed by atoms with E-state index in [1.807, 2.05) is 6.07 Å². The van der Waals surface area contributed by atoms with Crippen molar-refractivity contribution in [1.29, 1.82) is 0 Å². The molecule has 3 heterocycles. The molecule has 0 saturated carbocycles. The molecule has 6 nitrogen and oxygen atoms in total. The van der Waals surface area contributed by atoms with Gasteiger partial charge in [-0.05, 0) is 18.2 Å². The highest BCUT2D eigenvalue weighted by atomic mass is 16.5. The van der Waals surface area contributed by atoms with Crippen molar-refractivity contribution in [2.75, 3.05) is 5.73 Å². The zero-order valence-electron chi connectivity index (χ0n) is 9.83. The molecule has 0 aliphatic rings. The maximum atomic E-state index is 11.4. The number of anilines is 1. The molecule has 0 bridgehead atoms. The van der Waals surface area contributed by atoms with Crippen molar-refractivity contribution < 1.29 is 4.52 Å². The van der Waals surface area contributed by atoms with Gasteiger partial charge in [0.1, 0.15) is 5.69 Å². The minimum atomic E-state index is -0.217. The van der Waals surface area contributed by atoms with Crippen molar-refractivity contribution in [2.45, 2.75) is 0 Å². The quantitative estimate of drug-likeness (QED) is 0.725. The van der Waals surface area contributed by atoms with Crippen LogP contribution in [0.5, 0.6) is 0 Å². The van der Waals surface area contributed by atoms with E-state index >= 15 is 0 Å². The molecule has 19 heavy (non-hydrogen) atoms. The molecule has 0 spiro atoms. The van der Waals surface area contributed by atoms with E-state index in [0.29, 0.717) is 22.6 Å². The van der Waals surface area contributed by atoms with Crippen molar-refractivity contribution >= 4 is 5.88 Å². The molecule has 0 aromatic carbocycles. The molecule has 0 aliphatic heterocycles. The van der Waals surface area contributed by atoms with Crippen LogP contribution in [-0.4, -0.2) is 15.1 Å². The average molecular weight is 254 g/mol. The van der Waals surface area contributed by atoms with Crippen LogP contribution in [0.3, 0.4) is 0 Å². The number of H-pyrrole nitrogens is 1. The van der Waals surface area contributed by atoms with Crippen molar-refractivity contribution in [3.05, 3.63) is 52.9 Å². The third-order valence-electron chi connectivity index (χ3n) is 2.66. The van der Waals surface area contributed by atoms with Gasteiger partial charge in [-0.15, -0.1) is 0 Å². The van der Waals surface area contributed by atoms with Crippen LogP contribution in [0.2, 0.25) is 0 Å². The van der Waals surface area contributed by atoms with Gasteiger partial charge >= 0.3 is 0 Å². The number of hydrogen-bond donors (Lipinski definition) is 2. The number of nitrogens with two attached hydrogens (primary N) is 1. The van der Waals surface area contributed by atoms with Gasteiger partial charge in [0.2, 0.25) is 11.4 Å². The summed E-state index contributed by atoms with van der Waals surface area (Å²) in [6.45, 7) is 0. The number of aromatic amines is 1. The van der Waals surface area contributed by atoms with Gasteiger partial charge in [-0.1, -0.05) is 17.3 Å². The highest BCUT2D eigenvalue weighted by molar-refractivity contribution is 5.83. The third kappa shape index (κ3) is 1.99. The van der Waals surface area contributed by atoms with E-state index in [4.69, 9.17) is 10.3 Å². The topological polar surface area (TPSA) is 97.8 Å². The largest absolute Gasteiger partial charge is 0.367 e. The number of aromatic nitrogens is 3. The first-order chi connectivity index (χ1) is 9.25. The van der Waals surface area contributed by atoms with Crippen LogP contribution in [0.15, 0.2) is 51.9 Å². The standard InChI is InChI=1S/C13H10N4O2/c14-13-11(8-4-1-2-7-15-8)12(17-19-13)9-5-3-6-10(18)16-9/h1-7H,14H2,(H,16,18). The van der Waals surface area contributed by atoms with E-state index in [9.17, 15) is 4.79 Å². The minimum Gasteiger partial charge on any atom is -0.367 e. The number of rotatable bonds is 2. The van der Waals surface area contributed by atoms with Gasteiger partial charge in [-0.2, -0.15) is 0 Å². The smallest absolute Gasteiger partial charge is 0.248 e. The zero-order chi connectivity index (χ0) is 13.2. The Kier molecular flexibility index (Phi) is 2.60. The highest BCUT2D eigenvalue weighted by Gasteiger charge is 2.18. The number of nitrogen functional groups attached to an aromatic ring is 1. The van der Waals surface area contributed by atoms with Crippen LogP contribution in [0.1, 0.15) is 0 Å². The van der Waals surface area contributed by atoms with Crippen LogP contribution in [0, 0.1) is 0 Å². The number of nitrogens with one attached hydrogen (secondary N) is 1. The summed E-state index contributed by atoms with van der Waals surface area (Å²) < 4.78 is 5.01. The van der Waals surface area contributed by atoms with Crippen LogP contribution < -0.4 is 11.3 Å². The van der Waals surface area contributed by atoms with Gasteiger partial charge in [-0.25, -0.2) is 0 Å². The minimum absolute atomic E-state index is 0.165. The number of pyridine rings is 2. The lowest BCUT2D eigenvalue weighted by molar-refractivity contribution is 0.439. The average Bonchev–Trinajstić information content (AvgIpc) is 2.82. The molecule has 3 aromatic rings. The van der Waals surface area contributed by atoms with Crippen LogP contribution in [0.25, 0.3) is 22.6 Å². The predicted molar refractivity (Wildman–Crippen MR) is 70.2 cm³/mol. The summed E-state index contributed by atoms with van der Waals surface area (Å²) in [4.78, 5) is 18.3. The maximum Gasteiger partial charge on any atom is 0.248 e. The first kappa shape index (κ1) is 11.2. The number of nitrogens with zero attached hydrogens (tertiary/aromatic N) is 2. The second-order valence-corrected chi connectivity index (χ2v) is 3.91. The Bertz CT molecular complexity index is 762. The molecule has 0 amide bonds. The van der Waals surface area contributed by atoms with Crippen molar-refractivity contribution in [3.8, 4) is 22.6 Å². The Hall–Kier alpha value is -2.89. The molecule has 6 heteroatoms. The summed E-state index contributed by atoms with van der Waals surface area (Å²) in [7, 11) is 0. The molecule has 3 aromatic heterocycles. The lowest BCUT2D eigenvalue weighted by Crippen LogP contribution is -2.04. The molecule has 0 radical (unpaired) electrons. The van der Waals surface area contributed by atoms with Crippen molar-refractivity contribution in [1.82, 2.24) is 15.1 Å². The van der Waals surface area contributed by atoms with Crippen molar-refractivity contribution in [2.24, 2.45) is 0 Å². The van der Waals surface area contributed by atoms with E-state index in [0.717, 1.165) is 0 Å². The Morgan fingerprint density at radius 1 is 1.16 bits per heavy atom. The van der Waals surface area contributed by atoms with Crippen LogP contribution in [0.4, 0.5) is 5.88 Å². The van der Waals surface area contributed by atoms with E-state index < -0.39 is 0 Å². The Labute approximate surface area is 107 Å². The molecular weight excluding hydrogens is 244 g/mol. The Morgan fingerprint density at radius 3 is 2.79 bits per heavy atom. The Morgan fingerprint density at radius 2 is 2.05 bits per heavy atom. The Balaban J connectivity index is 2.22. The first-order valence-electron chi connectivity index (χ1n) is 5.62. The fourth-order valence-electron chi connectivity index (χ4n) is 1.83. The van der Waals surface area contributed by atoms with Gasteiger partial charge < -0.3 is 15.2 Å². The van der Waals surface area contributed by atoms with Gasteiger partial charge in [-0.3, -0.25) is 9.78 Å². The third-order valence-corrected chi connectivity index (χ3v) is 2.66. The van der Waals surface area contributed by atoms with Crippen LogP contribution in [-0.2, 0) is 0 Å². The van der Waals surface area contributed by atoms with E-state index in [1.165, 1.54) is 6.07 Å². The molecule has 3 rings (SSSR count). The van der Waals surface area contributed by atoms with E-state index in [1.54, 1.807) is 30.5 Å². The van der Waals surface area contributed by atoms with Gasteiger partial charge in [0, 0.05) is 12.3 Å². The molecule has 94 valence electrons. The molecule has 0 atom stereocenters. The highest BCUT2D eigenvalue weighted by Crippen LogP contribution is 2.33. The molecule has 0 fully saturated rings. The fraction of sp³-hybridized carbons (Fsp3) is 0. The lowest BCUT2D eigenvalue weighted by atomic mass is 10.1. The lowest BCUT2D eigenvalue weighted by Gasteiger charge is -2.01. The van der Waals surface area contributed by atoms with Gasteiger partial charge in [0.15, 0.2) is 0 Å². The SMILES string of the molecule is Nc1onc(-c2cccc(=O)[nH]2)c1-c1ccccn1. The summed E-state index contributed by atoms with van der Waals surface area (Å²) in [5, 5.41) is 3.89. The molecule has 3 N–H and O–H groups in total. The predicted octanol–water partition coefficient (Wildman–Crippen LogP) is 1.67. The summed E-state index contributed by atoms with van der Waals surface area (Å²) in [5.41, 5.74) is 7.78. The molecular formula is C13H10N4O2. The number of hydrogen-bond acceptors (Lipinski definition) is 5. The van der Waals surface area contributed by atoms with Gasteiger partial charge in [0.25, 0.3) is 0 Å². The summed E-state index contributed by atoms with van der Waals surface area (Å²) in [6.07, 6.45) is 1.65. The summed E-state index contributed by atoms with van der Waals surface area (Å²) >= 11 is 0. The normalized spacial score (nSPS) is 10.5. The molecule has 0 aliphatic carbocycles. The zero-order valence-corrected chi connectivity index (χ0v) is 9.83. The summed E-state index contributed by atoms with van der Waals surface area (Å²) in [5.74, 6) is 0.165. The summed E-state index contributed by atoms with van der Waals surface area (Å²) in [6, 6.07) is 10.2. The monoisotopic (exact) mass is 254 g/mol. The van der Waals surface area contributed by atoms with Crippen molar-refractivity contribution in [3.63, 3.8) is 0 Å². The molecule has 0 unspecified atom stereocenters. The fourth-order valence-corrected chi connectivity index (χ4v) is 1.83. The first-order valence-corrected chi connectivity index (χ1v) is 5.62. The second-order valence-electron chi connectivity index (χ2n) is 3.91. The van der Waals surface area contributed by atoms with E-state index in [-0.39, 0.29) is 11.4 Å².